The largest absolute Gasteiger partial charge is 0.211 e. The van der Waals surface area contributed by atoms with E-state index in [9.17, 15) is 4.39 Å². The highest BCUT2D eigenvalue weighted by Gasteiger charge is 2.25. The topological polar surface area (TPSA) is 0 Å². The third-order valence-corrected chi connectivity index (χ3v) is 3.33. The Morgan fingerprint density at radius 3 is 2.35 bits per heavy atom. The van der Waals surface area contributed by atoms with E-state index in [1.54, 1.807) is 6.08 Å². The van der Waals surface area contributed by atoms with Crippen molar-refractivity contribution < 1.29 is 4.39 Å². The van der Waals surface area contributed by atoms with Gasteiger partial charge in [-0.25, -0.2) is 4.39 Å². The van der Waals surface area contributed by atoms with Gasteiger partial charge in [0, 0.05) is 5.92 Å². The van der Waals surface area contributed by atoms with Gasteiger partial charge < -0.3 is 0 Å². The maximum Gasteiger partial charge on any atom is 0.104 e. The first-order chi connectivity index (χ1) is 8.09. The van der Waals surface area contributed by atoms with Gasteiger partial charge in [-0.05, 0) is 36.5 Å². The quantitative estimate of drug-likeness (QED) is 0.677. The van der Waals surface area contributed by atoms with E-state index in [1.165, 1.54) is 5.56 Å². The molecule has 0 bridgehead atoms. The standard InChI is InChI=1S/C16H19F/c1-11(2)16-14(5-4-6-15(16)17)13-9-7-12(3)8-10-13/h5-11,16H,4H2,1-3H3. The fourth-order valence-corrected chi connectivity index (χ4v) is 2.42. The summed E-state index contributed by atoms with van der Waals surface area (Å²) < 4.78 is 13.9. The minimum atomic E-state index is -0.0774. The maximum absolute atomic E-state index is 13.9. The molecule has 0 aliphatic heterocycles. The Hall–Kier alpha value is -1.37. The molecule has 0 fully saturated rings. The smallest absolute Gasteiger partial charge is 0.104 e. The van der Waals surface area contributed by atoms with Crippen LogP contribution in [0.4, 0.5) is 4.39 Å². The predicted molar refractivity (Wildman–Crippen MR) is 71.3 cm³/mol. The van der Waals surface area contributed by atoms with Crippen LogP contribution in [0.2, 0.25) is 0 Å². The molecule has 1 atom stereocenters. The molecule has 2 rings (SSSR count). The van der Waals surface area contributed by atoms with Crippen molar-refractivity contribution in [1.29, 1.82) is 0 Å². The zero-order valence-corrected chi connectivity index (χ0v) is 10.7. The summed E-state index contributed by atoms with van der Waals surface area (Å²) in [6.45, 7) is 6.22. The van der Waals surface area contributed by atoms with Crippen molar-refractivity contribution in [2.24, 2.45) is 11.8 Å². The van der Waals surface area contributed by atoms with Crippen LogP contribution in [0.3, 0.4) is 0 Å². The Balaban J connectivity index is 2.36. The second-order valence-corrected chi connectivity index (χ2v) is 5.07. The van der Waals surface area contributed by atoms with Crippen molar-refractivity contribution in [3.05, 3.63) is 53.4 Å². The molecule has 0 N–H and O–H groups in total. The summed E-state index contributed by atoms with van der Waals surface area (Å²) in [6, 6.07) is 8.36. The average Bonchev–Trinajstić information content (AvgIpc) is 2.29. The van der Waals surface area contributed by atoms with Crippen LogP contribution in [0.15, 0.2) is 42.2 Å². The number of hydrogen-bond donors (Lipinski definition) is 0. The van der Waals surface area contributed by atoms with Crippen LogP contribution in [-0.4, -0.2) is 0 Å². The third-order valence-electron chi connectivity index (χ3n) is 3.33. The fraction of sp³-hybridized carbons (Fsp3) is 0.375. The highest BCUT2D eigenvalue weighted by molar-refractivity contribution is 5.71. The van der Waals surface area contributed by atoms with Crippen molar-refractivity contribution in [3.63, 3.8) is 0 Å². The van der Waals surface area contributed by atoms with Crippen LogP contribution in [0, 0.1) is 18.8 Å². The highest BCUT2D eigenvalue weighted by atomic mass is 19.1. The Morgan fingerprint density at radius 1 is 1.12 bits per heavy atom. The van der Waals surface area contributed by atoms with Crippen LogP contribution in [0.1, 0.15) is 31.4 Å². The van der Waals surface area contributed by atoms with Crippen molar-refractivity contribution in [3.8, 4) is 0 Å². The molecule has 0 radical (unpaired) electrons. The van der Waals surface area contributed by atoms with Crippen LogP contribution < -0.4 is 0 Å². The second-order valence-electron chi connectivity index (χ2n) is 5.07. The van der Waals surface area contributed by atoms with Gasteiger partial charge >= 0.3 is 0 Å². The lowest BCUT2D eigenvalue weighted by Crippen LogP contribution is -2.14. The van der Waals surface area contributed by atoms with Crippen molar-refractivity contribution in [2.75, 3.05) is 0 Å². The van der Waals surface area contributed by atoms with E-state index >= 15 is 0 Å². The van der Waals surface area contributed by atoms with E-state index in [2.05, 4.69) is 51.1 Å². The number of rotatable bonds is 2. The van der Waals surface area contributed by atoms with Gasteiger partial charge in [0.1, 0.15) is 5.83 Å². The first kappa shape index (κ1) is 12.1. The van der Waals surface area contributed by atoms with Crippen LogP contribution >= 0.6 is 0 Å². The van der Waals surface area contributed by atoms with Gasteiger partial charge in [-0.1, -0.05) is 49.8 Å². The Kier molecular flexibility index (Phi) is 3.46. The van der Waals surface area contributed by atoms with Gasteiger partial charge in [-0.2, -0.15) is 0 Å². The molecular weight excluding hydrogens is 211 g/mol. The van der Waals surface area contributed by atoms with Gasteiger partial charge in [0.15, 0.2) is 0 Å². The molecule has 1 heteroatoms. The molecule has 1 aliphatic carbocycles. The number of benzene rings is 1. The third kappa shape index (κ3) is 2.49. The van der Waals surface area contributed by atoms with Crippen molar-refractivity contribution in [2.45, 2.75) is 27.2 Å². The van der Waals surface area contributed by atoms with Crippen molar-refractivity contribution >= 4 is 5.57 Å². The molecule has 1 aliphatic rings. The summed E-state index contributed by atoms with van der Waals surface area (Å²) in [7, 11) is 0. The molecule has 1 aromatic rings. The van der Waals surface area contributed by atoms with Gasteiger partial charge in [0.25, 0.3) is 0 Å². The molecular formula is C16H19F. The van der Waals surface area contributed by atoms with Crippen molar-refractivity contribution in [1.82, 2.24) is 0 Å². The summed E-state index contributed by atoms with van der Waals surface area (Å²) >= 11 is 0. The minimum absolute atomic E-state index is 0.0260. The molecule has 1 aromatic carbocycles. The lowest BCUT2D eigenvalue weighted by atomic mass is 9.80. The molecule has 0 spiro atoms. The summed E-state index contributed by atoms with van der Waals surface area (Å²) in [5.41, 5.74) is 3.53. The average molecular weight is 230 g/mol. The number of halogens is 1. The molecule has 0 nitrogen and oxygen atoms in total. The normalized spacial score (nSPS) is 20.2. The predicted octanol–water partition coefficient (Wildman–Crippen LogP) is 4.91. The Bertz CT molecular complexity index is 449. The molecule has 0 saturated heterocycles. The summed E-state index contributed by atoms with van der Waals surface area (Å²) in [4.78, 5) is 0. The SMILES string of the molecule is Cc1ccc(C2=CCC=C(F)C2C(C)C)cc1. The van der Waals surface area contributed by atoms with E-state index in [4.69, 9.17) is 0 Å². The Morgan fingerprint density at radius 2 is 1.76 bits per heavy atom. The van der Waals surface area contributed by atoms with E-state index in [-0.39, 0.29) is 11.7 Å². The number of aryl methyl sites for hydroxylation is 1. The zero-order valence-electron chi connectivity index (χ0n) is 10.7. The molecule has 90 valence electrons. The maximum atomic E-state index is 13.9. The molecule has 0 heterocycles. The first-order valence-corrected chi connectivity index (χ1v) is 6.22. The number of hydrogen-bond acceptors (Lipinski definition) is 0. The minimum Gasteiger partial charge on any atom is -0.211 e. The monoisotopic (exact) mass is 230 g/mol. The summed E-state index contributed by atoms with van der Waals surface area (Å²) in [5, 5.41) is 0. The molecule has 0 aromatic heterocycles. The van der Waals surface area contributed by atoms with E-state index in [0.29, 0.717) is 12.3 Å². The lowest BCUT2D eigenvalue weighted by Gasteiger charge is -2.26. The molecule has 1 unspecified atom stereocenters. The van der Waals surface area contributed by atoms with Gasteiger partial charge in [-0.15, -0.1) is 0 Å². The molecule has 17 heavy (non-hydrogen) atoms. The van der Waals surface area contributed by atoms with Gasteiger partial charge in [0.2, 0.25) is 0 Å². The van der Waals surface area contributed by atoms with E-state index in [0.717, 1.165) is 11.1 Å². The molecule has 0 amide bonds. The van der Waals surface area contributed by atoms with E-state index < -0.39 is 0 Å². The number of allylic oxidation sites excluding steroid dienone is 4. The van der Waals surface area contributed by atoms with E-state index in [1.807, 2.05) is 0 Å². The first-order valence-electron chi connectivity index (χ1n) is 6.22. The van der Waals surface area contributed by atoms with Gasteiger partial charge in [0.05, 0.1) is 0 Å². The van der Waals surface area contributed by atoms with Crippen LogP contribution in [0.5, 0.6) is 0 Å². The Labute approximate surface area is 103 Å². The molecule has 0 saturated carbocycles. The van der Waals surface area contributed by atoms with Crippen LogP contribution in [0.25, 0.3) is 5.57 Å². The highest BCUT2D eigenvalue weighted by Crippen LogP contribution is 2.38. The second kappa shape index (κ2) is 4.87. The zero-order chi connectivity index (χ0) is 12.4. The van der Waals surface area contributed by atoms with Gasteiger partial charge in [-0.3, -0.25) is 0 Å². The summed E-state index contributed by atoms with van der Waals surface area (Å²) in [6.07, 6.45) is 4.55. The lowest BCUT2D eigenvalue weighted by molar-refractivity contribution is 0.434. The summed E-state index contributed by atoms with van der Waals surface area (Å²) in [5.74, 6) is 0.239. The van der Waals surface area contributed by atoms with Crippen LogP contribution in [-0.2, 0) is 0 Å². The fourth-order valence-electron chi connectivity index (χ4n) is 2.42.